The van der Waals surface area contributed by atoms with Crippen molar-refractivity contribution in [1.82, 2.24) is 14.7 Å². The minimum Gasteiger partial charge on any atom is -0.336 e. The molecule has 0 aliphatic carbocycles. The molecular weight excluding hydrogens is 238 g/mol. The van der Waals surface area contributed by atoms with E-state index in [9.17, 15) is 4.79 Å². The quantitative estimate of drug-likeness (QED) is 0.776. The van der Waals surface area contributed by atoms with E-state index in [4.69, 9.17) is 11.6 Å². The van der Waals surface area contributed by atoms with Crippen molar-refractivity contribution in [3.05, 3.63) is 18.0 Å². The zero-order valence-electron chi connectivity index (χ0n) is 10.1. The molecule has 1 saturated heterocycles. The molecule has 0 aromatic carbocycles. The Morgan fingerprint density at radius 1 is 1.59 bits per heavy atom. The van der Waals surface area contributed by atoms with Gasteiger partial charge in [-0.1, -0.05) is 0 Å². The Morgan fingerprint density at radius 2 is 2.41 bits per heavy atom. The van der Waals surface area contributed by atoms with Gasteiger partial charge in [0, 0.05) is 31.7 Å². The molecule has 1 aromatic heterocycles. The van der Waals surface area contributed by atoms with Gasteiger partial charge in [-0.15, -0.1) is 11.6 Å². The van der Waals surface area contributed by atoms with Crippen LogP contribution in [0.5, 0.6) is 0 Å². The lowest BCUT2D eigenvalue weighted by Gasteiger charge is -2.35. The van der Waals surface area contributed by atoms with E-state index in [-0.39, 0.29) is 5.91 Å². The van der Waals surface area contributed by atoms with Crippen molar-refractivity contribution in [2.24, 2.45) is 7.05 Å². The SMILES string of the molecule is Cn1cc(C(=O)N2CCCCC2CCCl)cn1. The number of carbonyl (C=O) groups is 1. The fourth-order valence-corrected chi connectivity index (χ4v) is 2.64. The number of piperidine rings is 1. The van der Waals surface area contributed by atoms with Crippen LogP contribution >= 0.6 is 11.6 Å². The van der Waals surface area contributed by atoms with Crippen molar-refractivity contribution in [3.63, 3.8) is 0 Å². The van der Waals surface area contributed by atoms with Gasteiger partial charge in [0.25, 0.3) is 5.91 Å². The molecule has 5 heteroatoms. The van der Waals surface area contributed by atoms with Gasteiger partial charge >= 0.3 is 0 Å². The monoisotopic (exact) mass is 255 g/mol. The number of alkyl halides is 1. The molecule has 1 aliphatic rings. The standard InChI is InChI=1S/C12H18ClN3O/c1-15-9-10(8-14-15)12(17)16-7-3-2-4-11(16)5-6-13/h8-9,11H,2-7H2,1H3. The van der Waals surface area contributed by atoms with Crippen LogP contribution in [0.25, 0.3) is 0 Å². The minimum absolute atomic E-state index is 0.0907. The highest BCUT2D eigenvalue weighted by Crippen LogP contribution is 2.22. The van der Waals surface area contributed by atoms with Crippen LogP contribution in [0.1, 0.15) is 36.0 Å². The van der Waals surface area contributed by atoms with Gasteiger partial charge in [-0.3, -0.25) is 9.48 Å². The number of amides is 1. The van der Waals surface area contributed by atoms with Crippen LogP contribution in [-0.4, -0.2) is 39.1 Å². The molecule has 17 heavy (non-hydrogen) atoms. The summed E-state index contributed by atoms with van der Waals surface area (Å²) >= 11 is 5.80. The number of hydrogen-bond acceptors (Lipinski definition) is 2. The van der Waals surface area contributed by atoms with Gasteiger partial charge < -0.3 is 4.90 Å². The highest BCUT2D eigenvalue weighted by Gasteiger charge is 2.27. The van der Waals surface area contributed by atoms with Gasteiger partial charge in [-0.05, 0) is 25.7 Å². The third-order valence-electron chi connectivity index (χ3n) is 3.28. The Morgan fingerprint density at radius 3 is 3.06 bits per heavy atom. The smallest absolute Gasteiger partial charge is 0.257 e. The number of likely N-dealkylation sites (tertiary alicyclic amines) is 1. The zero-order chi connectivity index (χ0) is 12.3. The molecule has 2 rings (SSSR count). The molecule has 1 unspecified atom stereocenters. The number of halogens is 1. The maximum absolute atomic E-state index is 12.3. The van der Waals surface area contributed by atoms with Crippen LogP contribution in [0.3, 0.4) is 0 Å². The van der Waals surface area contributed by atoms with Crippen molar-refractivity contribution in [2.75, 3.05) is 12.4 Å². The number of hydrogen-bond donors (Lipinski definition) is 0. The maximum atomic E-state index is 12.3. The van der Waals surface area contributed by atoms with Gasteiger partial charge in [0.05, 0.1) is 11.8 Å². The average molecular weight is 256 g/mol. The molecule has 0 spiro atoms. The normalized spacial score (nSPS) is 20.6. The van der Waals surface area contributed by atoms with Gasteiger partial charge in [-0.25, -0.2) is 0 Å². The van der Waals surface area contributed by atoms with Gasteiger partial charge in [0.15, 0.2) is 0 Å². The second kappa shape index (κ2) is 5.54. The van der Waals surface area contributed by atoms with Crippen LogP contribution in [0.2, 0.25) is 0 Å². The first kappa shape index (κ1) is 12.4. The lowest BCUT2D eigenvalue weighted by Crippen LogP contribution is -2.43. The molecule has 0 N–H and O–H groups in total. The minimum atomic E-state index is 0.0907. The van der Waals surface area contributed by atoms with Crippen molar-refractivity contribution >= 4 is 17.5 Å². The summed E-state index contributed by atoms with van der Waals surface area (Å²) in [5.41, 5.74) is 0.675. The fraction of sp³-hybridized carbons (Fsp3) is 0.667. The van der Waals surface area contributed by atoms with Gasteiger partial charge in [-0.2, -0.15) is 5.10 Å². The van der Waals surface area contributed by atoms with Crippen LogP contribution in [0.4, 0.5) is 0 Å². The molecule has 1 atom stereocenters. The van der Waals surface area contributed by atoms with E-state index in [1.165, 1.54) is 6.42 Å². The summed E-state index contributed by atoms with van der Waals surface area (Å²) in [6.45, 7) is 0.843. The second-order valence-electron chi connectivity index (χ2n) is 4.53. The van der Waals surface area contributed by atoms with Crippen molar-refractivity contribution in [2.45, 2.75) is 31.7 Å². The first-order valence-electron chi connectivity index (χ1n) is 6.08. The summed E-state index contributed by atoms with van der Waals surface area (Å²) in [4.78, 5) is 14.3. The Kier molecular flexibility index (Phi) is 4.05. The topological polar surface area (TPSA) is 38.1 Å². The fourth-order valence-electron chi connectivity index (χ4n) is 2.39. The molecule has 1 aliphatic heterocycles. The number of nitrogens with zero attached hydrogens (tertiary/aromatic N) is 3. The Hall–Kier alpha value is -1.03. The number of carbonyl (C=O) groups excluding carboxylic acids is 1. The van der Waals surface area contributed by atoms with Crippen molar-refractivity contribution < 1.29 is 4.79 Å². The number of aromatic nitrogens is 2. The first-order valence-corrected chi connectivity index (χ1v) is 6.61. The maximum Gasteiger partial charge on any atom is 0.257 e. The lowest BCUT2D eigenvalue weighted by atomic mass is 9.99. The summed E-state index contributed by atoms with van der Waals surface area (Å²) in [5.74, 6) is 0.703. The molecule has 0 saturated carbocycles. The third-order valence-corrected chi connectivity index (χ3v) is 3.50. The van der Waals surface area contributed by atoms with E-state index in [0.29, 0.717) is 17.5 Å². The van der Waals surface area contributed by atoms with Gasteiger partial charge in [0.2, 0.25) is 0 Å². The molecular formula is C12H18ClN3O. The summed E-state index contributed by atoms with van der Waals surface area (Å²) in [6.07, 6.45) is 7.64. The van der Waals surface area contributed by atoms with E-state index in [0.717, 1.165) is 25.8 Å². The van der Waals surface area contributed by atoms with E-state index in [2.05, 4.69) is 5.10 Å². The molecule has 94 valence electrons. The number of aryl methyl sites for hydroxylation is 1. The van der Waals surface area contributed by atoms with Crippen LogP contribution in [0.15, 0.2) is 12.4 Å². The van der Waals surface area contributed by atoms with Crippen LogP contribution in [0, 0.1) is 0 Å². The molecule has 2 heterocycles. The molecule has 0 radical (unpaired) electrons. The van der Waals surface area contributed by atoms with Crippen LogP contribution in [-0.2, 0) is 7.05 Å². The molecule has 1 amide bonds. The van der Waals surface area contributed by atoms with Gasteiger partial charge in [0.1, 0.15) is 0 Å². The highest BCUT2D eigenvalue weighted by molar-refractivity contribution is 6.17. The van der Waals surface area contributed by atoms with Crippen molar-refractivity contribution in [1.29, 1.82) is 0 Å². The highest BCUT2D eigenvalue weighted by atomic mass is 35.5. The van der Waals surface area contributed by atoms with Crippen molar-refractivity contribution in [3.8, 4) is 0 Å². The number of rotatable bonds is 3. The Bertz CT molecular complexity index is 389. The van der Waals surface area contributed by atoms with Crippen LogP contribution < -0.4 is 0 Å². The molecule has 4 nitrogen and oxygen atoms in total. The Balaban J connectivity index is 2.10. The average Bonchev–Trinajstić information content (AvgIpc) is 2.76. The summed E-state index contributed by atoms with van der Waals surface area (Å²) in [7, 11) is 1.82. The first-order chi connectivity index (χ1) is 8.22. The van der Waals surface area contributed by atoms with E-state index in [1.54, 1.807) is 17.1 Å². The van der Waals surface area contributed by atoms with E-state index in [1.807, 2.05) is 11.9 Å². The second-order valence-corrected chi connectivity index (χ2v) is 4.91. The summed E-state index contributed by atoms with van der Waals surface area (Å²) in [6, 6.07) is 0.300. The largest absolute Gasteiger partial charge is 0.336 e. The van der Waals surface area contributed by atoms with E-state index < -0.39 is 0 Å². The molecule has 1 fully saturated rings. The molecule has 0 bridgehead atoms. The lowest BCUT2D eigenvalue weighted by molar-refractivity contribution is 0.0609. The molecule has 1 aromatic rings. The summed E-state index contributed by atoms with van der Waals surface area (Å²) < 4.78 is 1.66. The predicted molar refractivity (Wildman–Crippen MR) is 67.2 cm³/mol. The summed E-state index contributed by atoms with van der Waals surface area (Å²) in [5, 5.41) is 4.05. The third kappa shape index (κ3) is 2.80. The Labute approximate surface area is 107 Å². The predicted octanol–water partition coefficient (Wildman–Crippen LogP) is 2.04. The zero-order valence-corrected chi connectivity index (χ0v) is 10.9. The van der Waals surface area contributed by atoms with E-state index >= 15 is 0 Å².